The Balaban J connectivity index is 2.02. The van der Waals surface area contributed by atoms with E-state index in [0.717, 1.165) is 11.4 Å². The molecule has 1 aromatic rings. The number of amides is 2. The number of nitrogens with one attached hydrogen (secondary N) is 1. The highest BCUT2D eigenvalue weighted by molar-refractivity contribution is 6.00. The third-order valence-electron chi connectivity index (χ3n) is 3.32. The Hall–Kier alpha value is -2.48. The maximum absolute atomic E-state index is 12.0. The second-order valence-corrected chi connectivity index (χ2v) is 4.75. The lowest BCUT2D eigenvalue weighted by Gasteiger charge is -2.17. The Bertz CT molecular complexity index is 560. The van der Waals surface area contributed by atoms with Crippen LogP contribution in [0.1, 0.15) is 13.3 Å². The Labute approximate surface area is 124 Å². The van der Waals surface area contributed by atoms with Gasteiger partial charge in [-0.25, -0.2) is 0 Å². The van der Waals surface area contributed by atoms with Gasteiger partial charge in [0.25, 0.3) is 0 Å². The van der Waals surface area contributed by atoms with E-state index in [4.69, 9.17) is 11.2 Å². The number of rotatable bonds is 5. The first kappa shape index (κ1) is 14.9. The van der Waals surface area contributed by atoms with Crippen molar-refractivity contribution in [2.24, 2.45) is 5.92 Å². The van der Waals surface area contributed by atoms with E-state index in [-0.39, 0.29) is 30.7 Å². The van der Waals surface area contributed by atoms with Crippen LogP contribution in [0.15, 0.2) is 24.3 Å². The summed E-state index contributed by atoms with van der Waals surface area (Å²) in [5, 5.41) is 2.62. The van der Waals surface area contributed by atoms with Gasteiger partial charge in [-0.15, -0.1) is 6.42 Å². The van der Waals surface area contributed by atoms with Crippen molar-refractivity contribution in [3.05, 3.63) is 24.3 Å². The molecule has 1 fully saturated rings. The van der Waals surface area contributed by atoms with Gasteiger partial charge in [0.2, 0.25) is 11.8 Å². The van der Waals surface area contributed by atoms with E-state index >= 15 is 0 Å². The molecule has 0 spiro atoms. The molecule has 0 aliphatic carbocycles. The normalized spacial score (nSPS) is 17.4. The monoisotopic (exact) mass is 286 g/mol. The van der Waals surface area contributed by atoms with Crippen molar-refractivity contribution in [3.63, 3.8) is 0 Å². The summed E-state index contributed by atoms with van der Waals surface area (Å²) in [6.45, 7) is 3.08. The Morgan fingerprint density at radius 1 is 1.48 bits per heavy atom. The van der Waals surface area contributed by atoms with Crippen molar-refractivity contribution in [1.29, 1.82) is 0 Å². The van der Waals surface area contributed by atoms with Crippen LogP contribution in [0.2, 0.25) is 0 Å². The van der Waals surface area contributed by atoms with Gasteiger partial charge < -0.3 is 15.0 Å². The van der Waals surface area contributed by atoms with Crippen LogP contribution in [-0.4, -0.2) is 31.5 Å². The molecule has 5 nitrogen and oxygen atoms in total. The quantitative estimate of drug-likeness (QED) is 0.827. The van der Waals surface area contributed by atoms with Crippen LogP contribution in [0.4, 0.5) is 5.69 Å². The molecule has 2 amide bonds. The molecule has 1 saturated heterocycles. The topological polar surface area (TPSA) is 58.6 Å². The van der Waals surface area contributed by atoms with E-state index < -0.39 is 0 Å². The number of ether oxygens (including phenoxy) is 1. The van der Waals surface area contributed by atoms with Crippen LogP contribution in [0, 0.1) is 18.3 Å². The zero-order valence-corrected chi connectivity index (χ0v) is 12.0. The predicted molar refractivity (Wildman–Crippen MR) is 79.9 cm³/mol. The summed E-state index contributed by atoms with van der Waals surface area (Å²) in [4.78, 5) is 25.5. The highest BCUT2D eigenvalue weighted by atomic mass is 16.5. The van der Waals surface area contributed by atoms with Gasteiger partial charge in [-0.05, 0) is 31.2 Å². The first-order valence-electron chi connectivity index (χ1n) is 6.90. The summed E-state index contributed by atoms with van der Waals surface area (Å²) >= 11 is 0. The number of hydrogen-bond acceptors (Lipinski definition) is 3. The lowest BCUT2D eigenvalue weighted by molar-refractivity contribution is -0.126. The van der Waals surface area contributed by atoms with Crippen LogP contribution in [0.25, 0.3) is 0 Å². The number of terminal acetylenes is 1. The highest BCUT2D eigenvalue weighted by Crippen LogP contribution is 2.26. The number of nitrogens with zero attached hydrogens (tertiary/aromatic N) is 1. The molecule has 21 heavy (non-hydrogen) atoms. The van der Waals surface area contributed by atoms with Gasteiger partial charge in [0.1, 0.15) is 5.75 Å². The van der Waals surface area contributed by atoms with E-state index in [2.05, 4.69) is 11.2 Å². The Morgan fingerprint density at radius 3 is 2.81 bits per heavy atom. The summed E-state index contributed by atoms with van der Waals surface area (Å²) in [6, 6.07) is 7.28. The van der Waals surface area contributed by atoms with Gasteiger partial charge in [-0.3, -0.25) is 9.59 Å². The summed E-state index contributed by atoms with van der Waals surface area (Å²) < 4.78 is 5.37. The van der Waals surface area contributed by atoms with E-state index in [0.29, 0.717) is 13.2 Å². The fourth-order valence-electron chi connectivity index (χ4n) is 2.30. The minimum atomic E-state index is -0.350. The number of carbonyl (C=O) groups excluding carboxylic acids is 2. The van der Waals surface area contributed by atoms with Crippen LogP contribution in [-0.2, 0) is 9.59 Å². The zero-order valence-electron chi connectivity index (χ0n) is 12.0. The maximum atomic E-state index is 12.0. The summed E-state index contributed by atoms with van der Waals surface area (Å²) in [7, 11) is 0. The van der Waals surface area contributed by atoms with Crippen molar-refractivity contribution in [1.82, 2.24) is 5.32 Å². The fourth-order valence-corrected chi connectivity index (χ4v) is 2.30. The summed E-state index contributed by atoms with van der Waals surface area (Å²) in [6.07, 6.45) is 5.32. The predicted octanol–water partition coefficient (Wildman–Crippen LogP) is 1.19. The van der Waals surface area contributed by atoms with Gasteiger partial charge in [0.15, 0.2) is 0 Å². The molecule has 1 atom stereocenters. The minimum absolute atomic E-state index is 0.0555. The number of hydrogen-bond donors (Lipinski definition) is 1. The van der Waals surface area contributed by atoms with Crippen molar-refractivity contribution in [2.75, 3.05) is 24.6 Å². The Morgan fingerprint density at radius 2 is 2.19 bits per heavy atom. The molecule has 0 saturated carbocycles. The SMILES string of the molecule is C#CCNC(=O)[C@H]1CC(=O)N(c2ccc(OCC)cc2)C1. The van der Waals surface area contributed by atoms with Crippen molar-refractivity contribution in [2.45, 2.75) is 13.3 Å². The molecule has 1 aliphatic heterocycles. The molecule has 0 bridgehead atoms. The van der Waals surface area contributed by atoms with Gasteiger partial charge in [-0.1, -0.05) is 5.92 Å². The molecular formula is C16H18N2O3. The minimum Gasteiger partial charge on any atom is -0.494 e. The van der Waals surface area contributed by atoms with Gasteiger partial charge in [0, 0.05) is 18.7 Å². The molecule has 0 unspecified atom stereocenters. The smallest absolute Gasteiger partial charge is 0.227 e. The Kier molecular flexibility index (Phi) is 4.83. The molecule has 2 rings (SSSR count). The molecular weight excluding hydrogens is 268 g/mol. The van der Waals surface area contributed by atoms with Crippen LogP contribution in [0.3, 0.4) is 0 Å². The van der Waals surface area contributed by atoms with Crippen LogP contribution >= 0.6 is 0 Å². The lowest BCUT2D eigenvalue weighted by Crippen LogP contribution is -2.33. The third-order valence-corrected chi connectivity index (χ3v) is 3.32. The standard InChI is InChI=1S/C16H18N2O3/c1-3-9-17-16(20)12-10-15(19)18(11-12)13-5-7-14(8-6-13)21-4-2/h1,5-8,12H,4,9-11H2,2H3,(H,17,20)/t12-/m0/s1. The third kappa shape index (κ3) is 3.54. The average molecular weight is 286 g/mol. The maximum Gasteiger partial charge on any atom is 0.227 e. The summed E-state index contributed by atoms with van der Waals surface area (Å²) in [5.74, 6) is 2.53. The van der Waals surface area contributed by atoms with Crippen LogP contribution < -0.4 is 15.0 Å². The first-order chi connectivity index (χ1) is 10.2. The first-order valence-corrected chi connectivity index (χ1v) is 6.90. The van der Waals surface area contributed by atoms with E-state index in [1.54, 1.807) is 4.90 Å². The zero-order chi connectivity index (χ0) is 15.2. The van der Waals surface area contributed by atoms with Crippen molar-refractivity contribution in [3.8, 4) is 18.1 Å². The van der Waals surface area contributed by atoms with E-state index in [1.807, 2.05) is 31.2 Å². The van der Waals surface area contributed by atoms with Crippen molar-refractivity contribution < 1.29 is 14.3 Å². The summed E-state index contributed by atoms with van der Waals surface area (Å²) in [5.41, 5.74) is 0.774. The molecule has 0 radical (unpaired) electrons. The number of benzene rings is 1. The molecule has 5 heteroatoms. The fraction of sp³-hybridized carbons (Fsp3) is 0.375. The molecule has 110 valence electrons. The molecule has 0 aromatic heterocycles. The molecule has 1 aromatic carbocycles. The molecule has 1 heterocycles. The lowest BCUT2D eigenvalue weighted by atomic mass is 10.1. The van der Waals surface area contributed by atoms with Gasteiger partial charge >= 0.3 is 0 Å². The molecule has 1 aliphatic rings. The van der Waals surface area contributed by atoms with Gasteiger partial charge in [-0.2, -0.15) is 0 Å². The largest absolute Gasteiger partial charge is 0.494 e. The van der Waals surface area contributed by atoms with E-state index in [1.165, 1.54) is 0 Å². The molecule has 1 N–H and O–H groups in total. The van der Waals surface area contributed by atoms with Crippen LogP contribution in [0.5, 0.6) is 5.75 Å². The highest BCUT2D eigenvalue weighted by Gasteiger charge is 2.34. The average Bonchev–Trinajstić information content (AvgIpc) is 2.88. The second kappa shape index (κ2) is 6.80. The van der Waals surface area contributed by atoms with Crippen molar-refractivity contribution >= 4 is 17.5 Å². The number of anilines is 1. The van der Waals surface area contributed by atoms with Gasteiger partial charge in [0.05, 0.1) is 19.1 Å². The van der Waals surface area contributed by atoms with E-state index in [9.17, 15) is 9.59 Å². The number of carbonyl (C=O) groups is 2. The second-order valence-electron chi connectivity index (χ2n) is 4.75.